The molecule has 1 aromatic rings. The van der Waals surface area contributed by atoms with E-state index in [-0.39, 0.29) is 17.2 Å². The molecule has 1 heterocycles. The number of rotatable bonds is 6. The van der Waals surface area contributed by atoms with Crippen LogP contribution < -0.4 is 5.32 Å². The van der Waals surface area contributed by atoms with Crippen molar-refractivity contribution >= 4 is 12.0 Å². The zero-order chi connectivity index (χ0) is 12.9. The number of ether oxygens (including phenoxy) is 2. The van der Waals surface area contributed by atoms with Crippen LogP contribution in [0.15, 0.2) is 10.7 Å². The fraction of sp³-hybridized carbons (Fsp3) is 0.636. The molecule has 0 amide bonds. The molecule has 0 radical (unpaired) electrons. The van der Waals surface area contributed by atoms with Crippen LogP contribution in [-0.2, 0) is 9.47 Å². The lowest BCUT2D eigenvalue weighted by molar-refractivity contribution is 0.0519. The highest BCUT2D eigenvalue weighted by Gasteiger charge is 2.21. The van der Waals surface area contributed by atoms with Gasteiger partial charge in [0.25, 0.3) is 6.01 Å². The molecule has 1 aromatic heterocycles. The molecular formula is C11H18N2O4. The van der Waals surface area contributed by atoms with E-state index in [4.69, 9.17) is 13.9 Å². The van der Waals surface area contributed by atoms with Crippen LogP contribution in [0.25, 0.3) is 0 Å². The molecule has 0 fully saturated rings. The fourth-order valence-electron chi connectivity index (χ4n) is 1.32. The number of hydrogen-bond donors (Lipinski definition) is 1. The van der Waals surface area contributed by atoms with Crippen LogP contribution >= 0.6 is 0 Å². The number of methoxy groups -OCH3 is 1. The largest absolute Gasteiger partial charge is 0.461 e. The number of anilines is 1. The second-order valence-electron chi connectivity index (χ2n) is 4.20. The second kappa shape index (κ2) is 5.67. The van der Waals surface area contributed by atoms with Gasteiger partial charge in [0.15, 0.2) is 5.69 Å². The van der Waals surface area contributed by atoms with Gasteiger partial charge in [-0.25, -0.2) is 4.79 Å². The van der Waals surface area contributed by atoms with Crippen molar-refractivity contribution in [3.8, 4) is 0 Å². The maximum Gasteiger partial charge on any atom is 0.360 e. The summed E-state index contributed by atoms with van der Waals surface area (Å²) in [5.74, 6) is -0.492. The van der Waals surface area contributed by atoms with Gasteiger partial charge in [-0.2, -0.15) is 4.98 Å². The summed E-state index contributed by atoms with van der Waals surface area (Å²) in [5, 5.41) is 3.03. The zero-order valence-corrected chi connectivity index (χ0v) is 10.6. The number of carbonyl (C=O) groups is 1. The zero-order valence-electron chi connectivity index (χ0n) is 10.6. The van der Waals surface area contributed by atoms with Crippen LogP contribution in [-0.4, -0.2) is 36.8 Å². The Labute approximate surface area is 100 Å². The number of oxazole rings is 1. The number of nitrogens with one attached hydrogen (secondary N) is 1. The predicted molar refractivity (Wildman–Crippen MR) is 62.0 cm³/mol. The Bertz CT molecular complexity index is 373. The molecule has 0 saturated heterocycles. The fourth-order valence-corrected chi connectivity index (χ4v) is 1.32. The van der Waals surface area contributed by atoms with E-state index in [0.29, 0.717) is 13.2 Å². The predicted octanol–water partition coefficient (Wildman–Crippen LogP) is 1.69. The molecule has 6 nitrogen and oxygen atoms in total. The first kappa shape index (κ1) is 13.5. The van der Waals surface area contributed by atoms with Crippen LogP contribution in [0.4, 0.5) is 6.01 Å². The standard InChI is InChI=1S/C11H18N2O4/c1-5-16-9(14)8-6-17-10(12-8)13-11(2,3)7-15-4/h6H,5,7H2,1-4H3,(H,12,13). The van der Waals surface area contributed by atoms with Crippen LogP contribution in [0.3, 0.4) is 0 Å². The van der Waals surface area contributed by atoms with Crippen LogP contribution in [0.5, 0.6) is 0 Å². The molecule has 0 bridgehead atoms. The van der Waals surface area contributed by atoms with E-state index >= 15 is 0 Å². The van der Waals surface area contributed by atoms with Crippen molar-refractivity contribution in [2.45, 2.75) is 26.3 Å². The molecule has 17 heavy (non-hydrogen) atoms. The Kier molecular flexibility index (Phi) is 4.51. The van der Waals surface area contributed by atoms with Gasteiger partial charge in [-0.3, -0.25) is 0 Å². The van der Waals surface area contributed by atoms with Crippen molar-refractivity contribution < 1.29 is 18.7 Å². The Morgan fingerprint density at radius 1 is 1.59 bits per heavy atom. The quantitative estimate of drug-likeness (QED) is 0.765. The lowest BCUT2D eigenvalue weighted by atomic mass is 10.1. The third kappa shape index (κ3) is 4.07. The maximum atomic E-state index is 11.4. The van der Waals surface area contributed by atoms with Gasteiger partial charge < -0.3 is 19.2 Å². The van der Waals surface area contributed by atoms with Gasteiger partial charge in [0, 0.05) is 7.11 Å². The Morgan fingerprint density at radius 3 is 2.88 bits per heavy atom. The monoisotopic (exact) mass is 242 g/mol. The van der Waals surface area contributed by atoms with Gasteiger partial charge in [-0.15, -0.1) is 0 Å². The third-order valence-corrected chi connectivity index (χ3v) is 1.94. The van der Waals surface area contributed by atoms with Gasteiger partial charge >= 0.3 is 5.97 Å². The van der Waals surface area contributed by atoms with E-state index < -0.39 is 5.97 Å². The van der Waals surface area contributed by atoms with Crippen molar-refractivity contribution in [3.63, 3.8) is 0 Å². The van der Waals surface area contributed by atoms with E-state index in [9.17, 15) is 4.79 Å². The summed E-state index contributed by atoms with van der Waals surface area (Å²) in [6.07, 6.45) is 1.27. The first-order valence-corrected chi connectivity index (χ1v) is 5.38. The molecule has 0 unspecified atom stereocenters. The van der Waals surface area contributed by atoms with Crippen molar-refractivity contribution in [2.75, 3.05) is 25.6 Å². The summed E-state index contributed by atoms with van der Waals surface area (Å²) in [7, 11) is 1.61. The van der Waals surface area contributed by atoms with E-state index in [1.807, 2.05) is 13.8 Å². The molecular weight excluding hydrogens is 224 g/mol. The van der Waals surface area contributed by atoms with E-state index in [1.54, 1.807) is 14.0 Å². The number of aromatic nitrogens is 1. The summed E-state index contributed by atoms with van der Waals surface area (Å²) in [4.78, 5) is 15.3. The van der Waals surface area contributed by atoms with Crippen LogP contribution in [0.2, 0.25) is 0 Å². The topological polar surface area (TPSA) is 73.6 Å². The van der Waals surface area contributed by atoms with E-state index in [2.05, 4.69) is 10.3 Å². The average molecular weight is 242 g/mol. The molecule has 0 aliphatic heterocycles. The third-order valence-electron chi connectivity index (χ3n) is 1.94. The summed E-state index contributed by atoms with van der Waals surface area (Å²) in [5.41, 5.74) is -0.173. The van der Waals surface area contributed by atoms with Crippen molar-refractivity contribution in [2.24, 2.45) is 0 Å². The Hall–Kier alpha value is -1.56. The van der Waals surface area contributed by atoms with Crippen molar-refractivity contribution in [1.29, 1.82) is 0 Å². The normalized spacial score (nSPS) is 11.3. The molecule has 0 saturated carbocycles. The molecule has 0 aliphatic rings. The lowest BCUT2D eigenvalue weighted by Gasteiger charge is -2.23. The SMILES string of the molecule is CCOC(=O)c1coc(NC(C)(C)COC)n1. The maximum absolute atomic E-state index is 11.4. The van der Waals surface area contributed by atoms with Crippen LogP contribution in [0, 0.1) is 0 Å². The van der Waals surface area contributed by atoms with Gasteiger partial charge in [-0.05, 0) is 20.8 Å². The summed E-state index contributed by atoms with van der Waals surface area (Å²) < 4.78 is 15.0. The highest BCUT2D eigenvalue weighted by atomic mass is 16.5. The minimum Gasteiger partial charge on any atom is -0.461 e. The summed E-state index contributed by atoms with van der Waals surface area (Å²) in [6.45, 7) is 6.40. The first-order valence-electron chi connectivity index (χ1n) is 5.38. The molecule has 6 heteroatoms. The molecule has 0 aromatic carbocycles. The summed E-state index contributed by atoms with van der Waals surface area (Å²) in [6, 6.07) is 0.273. The van der Waals surface area contributed by atoms with Gasteiger partial charge in [-0.1, -0.05) is 0 Å². The molecule has 1 rings (SSSR count). The number of hydrogen-bond acceptors (Lipinski definition) is 6. The molecule has 1 N–H and O–H groups in total. The average Bonchev–Trinajstić information content (AvgIpc) is 2.65. The number of esters is 1. The molecule has 96 valence electrons. The molecule has 0 spiro atoms. The number of nitrogens with zero attached hydrogens (tertiary/aromatic N) is 1. The second-order valence-corrected chi connectivity index (χ2v) is 4.20. The van der Waals surface area contributed by atoms with Crippen molar-refractivity contribution in [1.82, 2.24) is 4.98 Å². The van der Waals surface area contributed by atoms with Crippen molar-refractivity contribution in [3.05, 3.63) is 12.0 Å². The van der Waals surface area contributed by atoms with Crippen LogP contribution in [0.1, 0.15) is 31.3 Å². The molecule has 0 aliphatic carbocycles. The van der Waals surface area contributed by atoms with Gasteiger partial charge in [0.2, 0.25) is 0 Å². The van der Waals surface area contributed by atoms with E-state index in [0.717, 1.165) is 0 Å². The highest BCUT2D eigenvalue weighted by molar-refractivity contribution is 5.87. The molecule has 0 atom stereocenters. The number of carbonyl (C=O) groups excluding carboxylic acids is 1. The van der Waals surface area contributed by atoms with Gasteiger partial charge in [0.1, 0.15) is 6.26 Å². The smallest absolute Gasteiger partial charge is 0.360 e. The first-order chi connectivity index (χ1) is 7.98. The summed E-state index contributed by atoms with van der Waals surface area (Å²) >= 11 is 0. The highest BCUT2D eigenvalue weighted by Crippen LogP contribution is 2.15. The lowest BCUT2D eigenvalue weighted by Crippen LogP contribution is -2.36. The minimum atomic E-state index is -0.492. The Morgan fingerprint density at radius 2 is 2.29 bits per heavy atom. The van der Waals surface area contributed by atoms with Gasteiger partial charge in [0.05, 0.1) is 18.8 Å². The Balaban J connectivity index is 2.65. The van der Waals surface area contributed by atoms with E-state index in [1.165, 1.54) is 6.26 Å². The minimum absolute atomic E-state index is 0.155.